The molecule has 1 nitrogen and oxygen atoms in total. The molecular formula is C8H7Br2F2N. The topological polar surface area (TPSA) is 12.9 Å². The highest BCUT2D eigenvalue weighted by molar-refractivity contribution is 9.10. The zero-order chi connectivity index (χ0) is 10.0. The number of hydrogen-bond acceptors (Lipinski definition) is 1. The van der Waals surface area contributed by atoms with Crippen molar-refractivity contribution in [2.45, 2.75) is 18.7 Å². The molecule has 0 aromatic carbocycles. The third kappa shape index (κ3) is 2.26. The SMILES string of the molecule is Cc1c(Br)cnc(CBr)c1C(F)F. The Morgan fingerprint density at radius 3 is 2.62 bits per heavy atom. The minimum absolute atomic E-state index is 0.0197. The lowest BCUT2D eigenvalue weighted by Gasteiger charge is -2.10. The minimum atomic E-state index is -2.47. The summed E-state index contributed by atoms with van der Waals surface area (Å²) in [4.78, 5) is 3.91. The zero-order valence-electron chi connectivity index (χ0n) is 6.82. The van der Waals surface area contributed by atoms with Gasteiger partial charge in [0.2, 0.25) is 0 Å². The lowest BCUT2D eigenvalue weighted by atomic mass is 10.1. The quantitative estimate of drug-likeness (QED) is 0.752. The van der Waals surface area contributed by atoms with Crippen molar-refractivity contribution in [1.29, 1.82) is 0 Å². The van der Waals surface area contributed by atoms with Crippen LogP contribution in [-0.4, -0.2) is 4.98 Å². The van der Waals surface area contributed by atoms with Crippen molar-refractivity contribution in [3.8, 4) is 0 Å². The number of pyridine rings is 1. The van der Waals surface area contributed by atoms with Gasteiger partial charge in [0.15, 0.2) is 0 Å². The van der Waals surface area contributed by atoms with E-state index in [0.717, 1.165) is 0 Å². The lowest BCUT2D eigenvalue weighted by molar-refractivity contribution is 0.149. The van der Waals surface area contributed by atoms with Gasteiger partial charge in [-0.05, 0) is 28.4 Å². The highest BCUT2D eigenvalue weighted by atomic mass is 79.9. The first kappa shape index (κ1) is 11.0. The van der Waals surface area contributed by atoms with Gasteiger partial charge in [-0.1, -0.05) is 15.9 Å². The Bertz CT molecular complexity index is 315. The van der Waals surface area contributed by atoms with Crippen LogP contribution in [0, 0.1) is 6.92 Å². The van der Waals surface area contributed by atoms with Gasteiger partial charge in [0.05, 0.1) is 5.69 Å². The number of rotatable bonds is 2. The normalized spacial score (nSPS) is 10.9. The van der Waals surface area contributed by atoms with Gasteiger partial charge in [-0.2, -0.15) is 0 Å². The van der Waals surface area contributed by atoms with Gasteiger partial charge in [-0.15, -0.1) is 0 Å². The smallest absolute Gasteiger partial charge is 0.259 e. The molecule has 13 heavy (non-hydrogen) atoms. The van der Waals surface area contributed by atoms with Gasteiger partial charge in [0, 0.05) is 21.6 Å². The van der Waals surface area contributed by atoms with Crippen molar-refractivity contribution < 1.29 is 8.78 Å². The first-order valence-electron chi connectivity index (χ1n) is 3.56. The summed E-state index contributed by atoms with van der Waals surface area (Å²) >= 11 is 6.29. The highest BCUT2D eigenvalue weighted by Crippen LogP contribution is 2.30. The molecule has 0 radical (unpaired) electrons. The van der Waals surface area contributed by atoms with E-state index in [1.54, 1.807) is 6.92 Å². The molecule has 0 amide bonds. The monoisotopic (exact) mass is 313 g/mol. The van der Waals surface area contributed by atoms with Gasteiger partial charge >= 0.3 is 0 Å². The highest BCUT2D eigenvalue weighted by Gasteiger charge is 2.17. The van der Waals surface area contributed by atoms with Crippen molar-refractivity contribution in [2.24, 2.45) is 0 Å². The Morgan fingerprint density at radius 1 is 1.54 bits per heavy atom. The van der Waals surface area contributed by atoms with Crippen LogP contribution in [-0.2, 0) is 5.33 Å². The molecule has 0 saturated heterocycles. The van der Waals surface area contributed by atoms with E-state index in [1.807, 2.05) is 0 Å². The predicted octanol–water partition coefficient (Wildman–Crippen LogP) is 3.99. The van der Waals surface area contributed by atoms with Crippen LogP contribution in [0.15, 0.2) is 10.7 Å². The minimum Gasteiger partial charge on any atom is -0.259 e. The predicted molar refractivity (Wildman–Crippen MR) is 54.3 cm³/mol. The maximum Gasteiger partial charge on any atom is 0.265 e. The van der Waals surface area contributed by atoms with Gasteiger partial charge in [0.25, 0.3) is 6.43 Å². The first-order valence-corrected chi connectivity index (χ1v) is 5.47. The molecule has 0 fully saturated rings. The van der Waals surface area contributed by atoms with Crippen LogP contribution in [0.3, 0.4) is 0 Å². The summed E-state index contributed by atoms with van der Waals surface area (Å²) < 4.78 is 25.8. The maximum atomic E-state index is 12.6. The van der Waals surface area contributed by atoms with E-state index in [-0.39, 0.29) is 5.56 Å². The fourth-order valence-corrected chi connectivity index (χ4v) is 1.80. The van der Waals surface area contributed by atoms with Crippen molar-refractivity contribution in [1.82, 2.24) is 4.98 Å². The molecule has 72 valence electrons. The maximum absolute atomic E-state index is 12.6. The molecule has 0 bridgehead atoms. The molecule has 0 N–H and O–H groups in total. The average molecular weight is 315 g/mol. The molecule has 0 unspecified atom stereocenters. The Hall–Kier alpha value is -0.0300. The van der Waals surface area contributed by atoms with Crippen LogP contribution in [0.1, 0.15) is 23.2 Å². The summed E-state index contributed by atoms with van der Waals surface area (Å²) in [6.45, 7) is 1.65. The van der Waals surface area contributed by atoms with Crippen LogP contribution in [0.4, 0.5) is 8.78 Å². The third-order valence-electron chi connectivity index (χ3n) is 1.75. The molecule has 0 atom stereocenters. The second kappa shape index (κ2) is 4.46. The summed E-state index contributed by atoms with van der Waals surface area (Å²) in [5.74, 6) is 0. The Kier molecular flexibility index (Phi) is 3.79. The van der Waals surface area contributed by atoms with Gasteiger partial charge in [-0.25, -0.2) is 8.78 Å². The van der Waals surface area contributed by atoms with E-state index < -0.39 is 6.43 Å². The Morgan fingerprint density at radius 2 is 2.15 bits per heavy atom. The second-order valence-corrected chi connectivity index (χ2v) is 3.94. The van der Waals surface area contributed by atoms with Crippen LogP contribution < -0.4 is 0 Å². The lowest BCUT2D eigenvalue weighted by Crippen LogP contribution is -2.00. The molecular weight excluding hydrogens is 308 g/mol. The van der Waals surface area contributed by atoms with E-state index in [4.69, 9.17) is 0 Å². The van der Waals surface area contributed by atoms with Crippen molar-refractivity contribution >= 4 is 31.9 Å². The number of alkyl halides is 3. The van der Waals surface area contributed by atoms with Gasteiger partial charge < -0.3 is 0 Å². The Labute approximate surface area is 91.8 Å². The number of hydrogen-bond donors (Lipinski definition) is 0. The molecule has 1 aromatic rings. The molecule has 0 aliphatic heterocycles. The number of nitrogens with zero attached hydrogens (tertiary/aromatic N) is 1. The van der Waals surface area contributed by atoms with E-state index in [2.05, 4.69) is 36.8 Å². The summed E-state index contributed by atoms with van der Waals surface area (Å²) in [7, 11) is 0. The number of halogens is 4. The number of aromatic nitrogens is 1. The molecule has 0 saturated carbocycles. The van der Waals surface area contributed by atoms with E-state index >= 15 is 0 Å². The molecule has 0 spiro atoms. The third-order valence-corrected chi connectivity index (χ3v) is 3.08. The molecule has 0 aliphatic carbocycles. The molecule has 1 heterocycles. The largest absolute Gasteiger partial charge is 0.265 e. The zero-order valence-corrected chi connectivity index (χ0v) is 9.99. The van der Waals surface area contributed by atoms with E-state index in [1.165, 1.54) is 6.20 Å². The molecule has 1 rings (SSSR count). The van der Waals surface area contributed by atoms with E-state index in [0.29, 0.717) is 21.1 Å². The van der Waals surface area contributed by atoms with Crippen LogP contribution >= 0.6 is 31.9 Å². The van der Waals surface area contributed by atoms with Crippen LogP contribution in [0.25, 0.3) is 0 Å². The van der Waals surface area contributed by atoms with Gasteiger partial charge in [0.1, 0.15) is 0 Å². The standard InChI is InChI=1S/C8H7Br2F2N/c1-4-5(10)3-13-6(2-9)7(4)8(11)12/h3,8H,2H2,1H3. The van der Waals surface area contributed by atoms with Crippen LogP contribution in [0.5, 0.6) is 0 Å². The van der Waals surface area contributed by atoms with Gasteiger partial charge in [-0.3, -0.25) is 4.98 Å². The Balaban J connectivity index is 3.32. The van der Waals surface area contributed by atoms with Crippen molar-refractivity contribution in [3.05, 3.63) is 27.5 Å². The summed E-state index contributed by atoms with van der Waals surface area (Å²) in [6, 6.07) is 0. The van der Waals surface area contributed by atoms with Crippen LogP contribution in [0.2, 0.25) is 0 Å². The molecule has 0 aliphatic rings. The first-order chi connectivity index (χ1) is 6.07. The van der Waals surface area contributed by atoms with E-state index in [9.17, 15) is 8.78 Å². The summed E-state index contributed by atoms with van der Waals surface area (Å²) in [6.07, 6.45) is -0.935. The second-order valence-electron chi connectivity index (χ2n) is 2.53. The average Bonchev–Trinajstić information content (AvgIpc) is 2.08. The fraction of sp³-hybridized carbons (Fsp3) is 0.375. The summed E-state index contributed by atoms with van der Waals surface area (Å²) in [5.41, 5.74) is 0.974. The fourth-order valence-electron chi connectivity index (χ4n) is 1.04. The van der Waals surface area contributed by atoms with Crippen molar-refractivity contribution in [2.75, 3.05) is 0 Å². The molecule has 5 heteroatoms. The van der Waals surface area contributed by atoms with Crippen molar-refractivity contribution in [3.63, 3.8) is 0 Å². The summed E-state index contributed by atoms with van der Waals surface area (Å²) in [5, 5.41) is 0.348. The molecule has 1 aromatic heterocycles.